The molecular weight excluding hydrogens is 278 g/mol. The first kappa shape index (κ1) is 16.7. The second-order valence-electron chi connectivity index (χ2n) is 5.91. The van der Waals surface area contributed by atoms with E-state index < -0.39 is 0 Å². The molecule has 122 valence electrons. The molecule has 0 saturated heterocycles. The van der Waals surface area contributed by atoms with E-state index in [0.717, 1.165) is 24.9 Å². The van der Waals surface area contributed by atoms with Gasteiger partial charge in [0.2, 0.25) is 0 Å². The fourth-order valence-electron chi connectivity index (χ4n) is 3.15. The third-order valence-corrected chi connectivity index (χ3v) is 4.35. The molecule has 0 bridgehead atoms. The van der Waals surface area contributed by atoms with Crippen molar-refractivity contribution in [2.45, 2.75) is 52.0 Å². The summed E-state index contributed by atoms with van der Waals surface area (Å²) in [6.45, 7) is 4.86. The molecule has 1 aromatic rings. The maximum atomic E-state index is 12.5. The minimum Gasteiger partial charge on any atom is -0.493 e. The molecule has 1 amide bonds. The predicted octanol–water partition coefficient (Wildman–Crippen LogP) is 3.56. The number of methoxy groups -OCH3 is 1. The van der Waals surface area contributed by atoms with Gasteiger partial charge in [0.05, 0.1) is 7.11 Å². The lowest BCUT2D eigenvalue weighted by Gasteiger charge is -2.33. The summed E-state index contributed by atoms with van der Waals surface area (Å²) in [7, 11) is 1.61. The summed E-state index contributed by atoms with van der Waals surface area (Å²) < 4.78 is 11.0. The van der Waals surface area contributed by atoms with Crippen molar-refractivity contribution < 1.29 is 14.3 Å². The summed E-state index contributed by atoms with van der Waals surface area (Å²) in [6, 6.07) is 6.12. The Bertz CT molecular complexity index is 495. The van der Waals surface area contributed by atoms with Crippen molar-refractivity contribution in [3.8, 4) is 11.5 Å². The Kier molecular flexibility index (Phi) is 6.10. The van der Waals surface area contributed by atoms with E-state index in [2.05, 4.69) is 0 Å². The lowest BCUT2D eigenvalue weighted by molar-refractivity contribution is -0.136. The number of hydrogen-bond donors (Lipinski definition) is 0. The van der Waals surface area contributed by atoms with Gasteiger partial charge in [-0.2, -0.15) is 0 Å². The molecule has 0 heterocycles. The molecule has 1 aliphatic carbocycles. The Morgan fingerprint density at radius 2 is 1.95 bits per heavy atom. The third kappa shape index (κ3) is 4.15. The van der Waals surface area contributed by atoms with E-state index in [9.17, 15) is 4.79 Å². The van der Waals surface area contributed by atoms with Crippen molar-refractivity contribution in [1.82, 2.24) is 4.90 Å². The second kappa shape index (κ2) is 8.06. The maximum absolute atomic E-state index is 12.5. The molecule has 2 rings (SSSR count). The zero-order chi connectivity index (χ0) is 15.9. The SMILES string of the molecule is CCN(C(=O)COc1ccc(C)cc1OC)C1CCCCC1. The van der Waals surface area contributed by atoms with Gasteiger partial charge in [-0.25, -0.2) is 0 Å². The van der Waals surface area contributed by atoms with Gasteiger partial charge in [0, 0.05) is 12.6 Å². The van der Waals surface area contributed by atoms with Gasteiger partial charge >= 0.3 is 0 Å². The predicted molar refractivity (Wildman–Crippen MR) is 87.5 cm³/mol. The Balaban J connectivity index is 1.96. The zero-order valence-corrected chi connectivity index (χ0v) is 13.9. The summed E-state index contributed by atoms with van der Waals surface area (Å²) >= 11 is 0. The van der Waals surface area contributed by atoms with Crippen LogP contribution in [0, 0.1) is 6.92 Å². The maximum Gasteiger partial charge on any atom is 0.260 e. The Hall–Kier alpha value is -1.71. The van der Waals surface area contributed by atoms with Crippen LogP contribution in [0.3, 0.4) is 0 Å². The number of benzene rings is 1. The molecule has 0 spiro atoms. The van der Waals surface area contributed by atoms with Gasteiger partial charge in [0.25, 0.3) is 5.91 Å². The van der Waals surface area contributed by atoms with E-state index >= 15 is 0 Å². The summed E-state index contributed by atoms with van der Waals surface area (Å²) in [5.41, 5.74) is 1.10. The summed E-state index contributed by atoms with van der Waals surface area (Å²) in [5, 5.41) is 0. The van der Waals surface area contributed by atoms with Crippen LogP contribution in [-0.4, -0.2) is 37.1 Å². The first-order valence-corrected chi connectivity index (χ1v) is 8.22. The molecule has 4 nitrogen and oxygen atoms in total. The molecule has 1 fully saturated rings. The van der Waals surface area contributed by atoms with Crippen LogP contribution in [0.2, 0.25) is 0 Å². The monoisotopic (exact) mass is 305 g/mol. The molecule has 0 unspecified atom stereocenters. The van der Waals surface area contributed by atoms with Crippen LogP contribution in [0.1, 0.15) is 44.6 Å². The van der Waals surface area contributed by atoms with Gasteiger partial charge in [-0.3, -0.25) is 4.79 Å². The van der Waals surface area contributed by atoms with Gasteiger partial charge in [-0.1, -0.05) is 25.3 Å². The molecule has 0 N–H and O–H groups in total. The molecule has 1 saturated carbocycles. The van der Waals surface area contributed by atoms with Gasteiger partial charge < -0.3 is 14.4 Å². The number of rotatable bonds is 6. The molecular formula is C18H27NO3. The van der Waals surface area contributed by atoms with Crippen LogP contribution in [0.4, 0.5) is 0 Å². The van der Waals surface area contributed by atoms with Crippen molar-refractivity contribution >= 4 is 5.91 Å². The van der Waals surface area contributed by atoms with Gasteiger partial charge in [0.15, 0.2) is 18.1 Å². The largest absolute Gasteiger partial charge is 0.493 e. The molecule has 0 atom stereocenters. The lowest BCUT2D eigenvalue weighted by Crippen LogP contribution is -2.43. The number of ether oxygens (including phenoxy) is 2. The minimum atomic E-state index is 0.0667. The number of aryl methyl sites for hydroxylation is 1. The molecule has 0 radical (unpaired) electrons. The fraction of sp³-hybridized carbons (Fsp3) is 0.611. The van der Waals surface area contributed by atoms with Crippen LogP contribution in [-0.2, 0) is 4.79 Å². The number of amides is 1. The number of hydrogen-bond acceptors (Lipinski definition) is 3. The molecule has 22 heavy (non-hydrogen) atoms. The minimum absolute atomic E-state index is 0.0667. The quantitative estimate of drug-likeness (QED) is 0.806. The summed E-state index contributed by atoms with van der Waals surface area (Å²) in [5.74, 6) is 1.37. The highest BCUT2D eigenvalue weighted by molar-refractivity contribution is 5.78. The van der Waals surface area contributed by atoms with Crippen LogP contribution < -0.4 is 9.47 Å². The highest BCUT2D eigenvalue weighted by Crippen LogP contribution is 2.28. The number of nitrogens with zero attached hydrogens (tertiary/aromatic N) is 1. The molecule has 1 aromatic carbocycles. The van der Waals surface area contributed by atoms with Crippen LogP contribution >= 0.6 is 0 Å². The second-order valence-corrected chi connectivity index (χ2v) is 5.91. The van der Waals surface area contributed by atoms with Crippen molar-refractivity contribution in [2.75, 3.05) is 20.3 Å². The standard InChI is InChI=1S/C18H27NO3/c1-4-19(15-8-6-5-7-9-15)18(20)13-22-16-11-10-14(2)12-17(16)21-3/h10-12,15H,4-9,13H2,1-3H3. The number of carbonyl (C=O) groups is 1. The van der Waals surface area contributed by atoms with Gasteiger partial charge in [-0.15, -0.1) is 0 Å². The first-order chi connectivity index (χ1) is 10.7. The van der Waals surface area contributed by atoms with Gasteiger partial charge in [0.1, 0.15) is 0 Å². The number of likely N-dealkylation sites (N-methyl/N-ethyl adjacent to an activating group) is 1. The first-order valence-electron chi connectivity index (χ1n) is 8.22. The van der Waals surface area contributed by atoms with Crippen molar-refractivity contribution in [1.29, 1.82) is 0 Å². The summed E-state index contributed by atoms with van der Waals surface area (Å²) in [4.78, 5) is 14.4. The average Bonchev–Trinajstić information content (AvgIpc) is 2.55. The van der Waals surface area contributed by atoms with Crippen molar-refractivity contribution in [2.24, 2.45) is 0 Å². The zero-order valence-electron chi connectivity index (χ0n) is 13.9. The topological polar surface area (TPSA) is 38.8 Å². The Morgan fingerprint density at radius 1 is 1.23 bits per heavy atom. The number of carbonyl (C=O) groups excluding carboxylic acids is 1. The van der Waals surface area contributed by atoms with E-state index in [-0.39, 0.29) is 12.5 Å². The third-order valence-electron chi connectivity index (χ3n) is 4.35. The molecule has 0 aromatic heterocycles. The average molecular weight is 305 g/mol. The van der Waals surface area contributed by atoms with Crippen LogP contribution in [0.25, 0.3) is 0 Å². The highest BCUT2D eigenvalue weighted by atomic mass is 16.5. The smallest absolute Gasteiger partial charge is 0.260 e. The fourth-order valence-corrected chi connectivity index (χ4v) is 3.15. The van der Waals surface area contributed by atoms with Crippen LogP contribution in [0.5, 0.6) is 11.5 Å². The lowest BCUT2D eigenvalue weighted by atomic mass is 9.94. The van der Waals surface area contributed by atoms with Crippen LogP contribution in [0.15, 0.2) is 18.2 Å². The van der Waals surface area contributed by atoms with E-state index in [1.165, 1.54) is 19.3 Å². The Morgan fingerprint density at radius 3 is 2.59 bits per heavy atom. The van der Waals surface area contributed by atoms with Gasteiger partial charge in [-0.05, 0) is 44.4 Å². The van der Waals surface area contributed by atoms with Crippen molar-refractivity contribution in [3.05, 3.63) is 23.8 Å². The van der Waals surface area contributed by atoms with E-state index in [1.54, 1.807) is 7.11 Å². The molecule has 4 heteroatoms. The molecule has 0 aliphatic heterocycles. The highest BCUT2D eigenvalue weighted by Gasteiger charge is 2.24. The van der Waals surface area contributed by atoms with E-state index in [1.807, 2.05) is 36.9 Å². The van der Waals surface area contributed by atoms with E-state index in [0.29, 0.717) is 17.5 Å². The molecule has 1 aliphatic rings. The normalized spacial score (nSPS) is 15.4. The Labute approximate surface area is 133 Å². The van der Waals surface area contributed by atoms with Crippen molar-refractivity contribution in [3.63, 3.8) is 0 Å². The van der Waals surface area contributed by atoms with E-state index in [4.69, 9.17) is 9.47 Å². The summed E-state index contributed by atoms with van der Waals surface area (Å²) in [6.07, 6.45) is 5.97.